The minimum atomic E-state index is -1.22. The lowest BCUT2D eigenvalue weighted by atomic mass is 10.1. The quantitative estimate of drug-likeness (QED) is 0.826. The summed E-state index contributed by atoms with van der Waals surface area (Å²) in [5.41, 5.74) is 1.95. The number of aliphatic hydroxyl groups is 1. The van der Waals surface area contributed by atoms with Crippen molar-refractivity contribution >= 4 is 0 Å². The molecular weight excluding hydrogens is 209 g/mol. The molecule has 0 fully saturated rings. The minimum absolute atomic E-state index is 0.0579. The molecule has 5 heteroatoms. The third kappa shape index (κ3) is 1.76. The van der Waals surface area contributed by atoms with Crippen molar-refractivity contribution in [3.05, 3.63) is 29.9 Å². The van der Waals surface area contributed by atoms with E-state index in [0.29, 0.717) is 13.1 Å². The SMILES string of the molecule is C=C(F)C(O)N1CCn2nc(C)cc2C1C. The van der Waals surface area contributed by atoms with Crippen molar-refractivity contribution in [2.24, 2.45) is 0 Å². The van der Waals surface area contributed by atoms with Gasteiger partial charge >= 0.3 is 0 Å². The highest BCUT2D eigenvalue weighted by molar-refractivity contribution is 5.15. The maximum absolute atomic E-state index is 12.9. The lowest BCUT2D eigenvalue weighted by molar-refractivity contribution is -0.0233. The van der Waals surface area contributed by atoms with Gasteiger partial charge in [-0.3, -0.25) is 9.58 Å². The fourth-order valence-electron chi connectivity index (χ4n) is 2.17. The summed E-state index contributed by atoms with van der Waals surface area (Å²) in [6, 6.07) is 1.90. The second kappa shape index (κ2) is 3.99. The Morgan fingerprint density at radius 3 is 3.00 bits per heavy atom. The molecule has 1 aliphatic rings. The van der Waals surface area contributed by atoms with Gasteiger partial charge in [-0.1, -0.05) is 6.58 Å². The molecule has 1 aromatic rings. The van der Waals surface area contributed by atoms with Gasteiger partial charge in [-0.05, 0) is 19.9 Å². The van der Waals surface area contributed by atoms with Crippen molar-refractivity contribution < 1.29 is 9.50 Å². The van der Waals surface area contributed by atoms with Crippen LogP contribution >= 0.6 is 0 Å². The average molecular weight is 225 g/mol. The normalized spacial score (nSPS) is 22.9. The molecule has 2 atom stereocenters. The number of aromatic nitrogens is 2. The summed E-state index contributed by atoms with van der Waals surface area (Å²) < 4.78 is 14.8. The van der Waals surface area contributed by atoms with E-state index in [-0.39, 0.29) is 6.04 Å². The maximum Gasteiger partial charge on any atom is 0.160 e. The molecule has 0 radical (unpaired) electrons. The molecule has 2 unspecified atom stereocenters. The number of hydrogen-bond donors (Lipinski definition) is 1. The van der Waals surface area contributed by atoms with Gasteiger partial charge in [0, 0.05) is 6.54 Å². The summed E-state index contributed by atoms with van der Waals surface area (Å²) in [5, 5.41) is 14.0. The molecule has 1 aromatic heterocycles. The first-order valence-corrected chi connectivity index (χ1v) is 5.33. The van der Waals surface area contributed by atoms with Crippen LogP contribution in [0.2, 0.25) is 0 Å². The van der Waals surface area contributed by atoms with E-state index in [1.165, 1.54) is 0 Å². The van der Waals surface area contributed by atoms with E-state index in [0.717, 1.165) is 11.4 Å². The Hall–Kier alpha value is -1.20. The minimum Gasteiger partial charge on any atom is -0.372 e. The summed E-state index contributed by atoms with van der Waals surface area (Å²) in [7, 11) is 0. The molecule has 0 amide bonds. The van der Waals surface area contributed by atoms with Crippen LogP contribution in [0.5, 0.6) is 0 Å². The van der Waals surface area contributed by atoms with E-state index in [1.54, 1.807) is 4.90 Å². The lowest BCUT2D eigenvalue weighted by Gasteiger charge is -2.36. The topological polar surface area (TPSA) is 41.3 Å². The monoisotopic (exact) mass is 225 g/mol. The number of fused-ring (bicyclic) bond motifs is 1. The summed E-state index contributed by atoms with van der Waals surface area (Å²) in [4.78, 5) is 1.68. The maximum atomic E-state index is 12.9. The first-order chi connectivity index (χ1) is 7.50. The first-order valence-electron chi connectivity index (χ1n) is 5.33. The van der Waals surface area contributed by atoms with Crippen LogP contribution in [0, 0.1) is 6.92 Å². The van der Waals surface area contributed by atoms with Crippen molar-refractivity contribution in [1.82, 2.24) is 14.7 Å². The Labute approximate surface area is 94.0 Å². The number of aliphatic hydroxyl groups excluding tert-OH is 1. The molecular formula is C11H16FN3O. The van der Waals surface area contributed by atoms with Gasteiger partial charge in [-0.15, -0.1) is 0 Å². The van der Waals surface area contributed by atoms with Gasteiger partial charge in [0.25, 0.3) is 0 Å². The third-order valence-corrected chi connectivity index (χ3v) is 3.02. The van der Waals surface area contributed by atoms with Crippen molar-refractivity contribution in [3.63, 3.8) is 0 Å². The highest BCUT2D eigenvalue weighted by Crippen LogP contribution is 2.28. The predicted octanol–water partition coefficient (Wildman–Crippen LogP) is 1.37. The van der Waals surface area contributed by atoms with Crippen LogP contribution in [0.1, 0.15) is 24.4 Å². The Morgan fingerprint density at radius 1 is 1.69 bits per heavy atom. The molecule has 4 nitrogen and oxygen atoms in total. The van der Waals surface area contributed by atoms with Crippen molar-refractivity contribution in [1.29, 1.82) is 0 Å². The van der Waals surface area contributed by atoms with Gasteiger partial charge < -0.3 is 5.11 Å². The van der Waals surface area contributed by atoms with E-state index in [2.05, 4.69) is 11.7 Å². The van der Waals surface area contributed by atoms with Crippen molar-refractivity contribution in [2.45, 2.75) is 32.7 Å². The lowest BCUT2D eigenvalue weighted by Crippen LogP contribution is -2.43. The summed E-state index contributed by atoms with van der Waals surface area (Å²) in [5.74, 6) is -0.712. The number of halogens is 1. The second-order valence-corrected chi connectivity index (χ2v) is 4.17. The Balaban J connectivity index is 2.27. The van der Waals surface area contributed by atoms with Gasteiger partial charge in [0.15, 0.2) is 6.23 Å². The molecule has 0 aromatic carbocycles. The molecule has 2 rings (SSSR count). The zero-order chi connectivity index (χ0) is 11.9. The van der Waals surface area contributed by atoms with Crippen LogP contribution in [-0.2, 0) is 6.54 Å². The molecule has 0 saturated heterocycles. The largest absolute Gasteiger partial charge is 0.372 e. The van der Waals surface area contributed by atoms with E-state index in [1.807, 2.05) is 24.6 Å². The van der Waals surface area contributed by atoms with E-state index in [4.69, 9.17) is 0 Å². The summed E-state index contributed by atoms with van der Waals surface area (Å²) >= 11 is 0. The van der Waals surface area contributed by atoms with E-state index in [9.17, 15) is 9.50 Å². The zero-order valence-corrected chi connectivity index (χ0v) is 9.52. The van der Waals surface area contributed by atoms with Crippen LogP contribution in [0.3, 0.4) is 0 Å². The third-order valence-electron chi connectivity index (χ3n) is 3.02. The summed E-state index contributed by atoms with van der Waals surface area (Å²) in [6.45, 7) is 8.23. The number of rotatable bonds is 2. The van der Waals surface area contributed by atoms with Crippen LogP contribution in [0.15, 0.2) is 18.5 Å². The van der Waals surface area contributed by atoms with Crippen LogP contribution in [0.4, 0.5) is 4.39 Å². The van der Waals surface area contributed by atoms with Crippen molar-refractivity contribution in [3.8, 4) is 0 Å². The highest BCUT2D eigenvalue weighted by Gasteiger charge is 2.30. The molecule has 2 heterocycles. The Morgan fingerprint density at radius 2 is 2.38 bits per heavy atom. The standard InChI is InChI=1S/C11H16FN3O/c1-7-6-10-9(3)14(11(16)8(2)12)4-5-15(10)13-7/h6,9,11,16H,2,4-5H2,1,3H3. The Kier molecular flexibility index (Phi) is 2.82. The van der Waals surface area contributed by atoms with Gasteiger partial charge in [0.1, 0.15) is 5.83 Å². The van der Waals surface area contributed by atoms with Gasteiger partial charge in [0.2, 0.25) is 0 Å². The zero-order valence-electron chi connectivity index (χ0n) is 9.52. The predicted molar refractivity (Wildman–Crippen MR) is 58.3 cm³/mol. The fourth-order valence-corrected chi connectivity index (χ4v) is 2.17. The van der Waals surface area contributed by atoms with Gasteiger partial charge in [-0.25, -0.2) is 4.39 Å². The van der Waals surface area contributed by atoms with Crippen LogP contribution in [-0.4, -0.2) is 32.6 Å². The molecule has 88 valence electrons. The molecule has 0 aliphatic carbocycles. The summed E-state index contributed by atoms with van der Waals surface area (Å²) in [6.07, 6.45) is -1.22. The van der Waals surface area contributed by atoms with Crippen LogP contribution < -0.4 is 0 Å². The average Bonchev–Trinajstić information content (AvgIpc) is 2.59. The molecule has 16 heavy (non-hydrogen) atoms. The number of hydrogen-bond acceptors (Lipinski definition) is 3. The fraction of sp³-hybridized carbons (Fsp3) is 0.545. The van der Waals surface area contributed by atoms with Crippen molar-refractivity contribution in [2.75, 3.05) is 6.54 Å². The van der Waals surface area contributed by atoms with E-state index < -0.39 is 12.1 Å². The van der Waals surface area contributed by atoms with E-state index >= 15 is 0 Å². The molecule has 1 N–H and O–H groups in total. The molecule has 1 aliphatic heterocycles. The first kappa shape index (κ1) is 11.3. The Bertz CT molecular complexity index is 415. The smallest absolute Gasteiger partial charge is 0.160 e. The van der Waals surface area contributed by atoms with Gasteiger partial charge in [0.05, 0.1) is 24.0 Å². The molecule has 0 saturated carbocycles. The highest BCUT2D eigenvalue weighted by atomic mass is 19.1. The molecule has 0 bridgehead atoms. The second-order valence-electron chi connectivity index (χ2n) is 4.17. The number of nitrogens with zero attached hydrogens (tertiary/aromatic N) is 3. The molecule has 0 spiro atoms. The van der Waals surface area contributed by atoms with Crippen LogP contribution in [0.25, 0.3) is 0 Å². The van der Waals surface area contributed by atoms with Gasteiger partial charge in [-0.2, -0.15) is 5.10 Å². The number of aryl methyl sites for hydroxylation is 1.